The molecule has 4 aliphatic rings. The molecule has 2 aliphatic carbocycles. The zero-order valence-electron chi connectivity index (χ0n) is 16.0. The van der Waals surface area contributed by atoms with Gasteiger partial charge in [0.05, 0.1) is 19.6 Å². The van der Waals surface area contributed by atoms with E-state index in [9.17, 15) is 4.79 Å². The minimum absolute atomic E-state index is 0.00793. The second-order valence-electron chi connectivity index (χ2n) is 8.46. The van der Waals surface area contributed by atoms with Crippen molar-refractivity contribution in [2.24, 2.45) is 11.3 Å². The van der Waals surface area contributed by atoms with Gasteiger partial charge in [-0.15, -0.1) is 0 Å². The van der Waals surface area contributed by atoms with Crippen molar-refractivity contribution in [2.75, 3.05) is 20.8 Å². The monoisotopic (exact) mass is 343 g/mol. The normalized spacial score (nSPS) is 39.0. The van der Waals surface area contributed by atoms with Gasteiger partial charge in [-0.1, -0.05) is 26.0 Å². The van der Waals surface area contributed by atoms with Crippen LogP contribution in [0.4, 0.5) is 0 Å². The number of likely N-dealkylation sites (N-methyl/N-ethyl adjacent to an activating group) is 1. The molecule has 0 spiro atoms. The molecule has 4 bridgehead atoms. The molecule has 4 heteroatoms. The van der Waals surface area contributed by atoms with Gasteiger partial charge in [0, 0.05) is 17.5 Å². The van der Waals surface area contributed by atoms with Crippen molar-refractivity contribution < 1.29 is 14.3 Å². The molecule has 2 saturated heterocycles. The van der Waals surface area contributed by atoms with Crippen molar-refractivity contribution >= 4 is 5.97 Å². The van der Waals surface area contributed by atoms with E-state index >= 15 is 0 Å². The summed E-state index contributed by atoms with van der Waals surface area (Å²) < 4.78 is 11.1. The number of ether oxygens (including phenoxy) is 2. The molecule has 2 aliphatic heterocycles. The highest BCUT2D eigenvalue weighted by Gasteiger charge is 2.66. The zero-order chi connectivity index (χ0) is 18.0. The molecule has 0 amide bonds. The summed E-state index contributed by atoms with van der Waals surface area (Å²) in [6, 6.07) is 7.16. The quantitative estimate of drug-likeness (QED) is 0.790. The van der Waals surface area contributed by atoms with E-state index in [1.165, 1.54) is 11.1 Å². The molecule has 0 aromatic heterocycles. The first kappa shape index (κ1) is 16.9. The Labute approximate surface area is 150 Å². The first-order valence-corrected chi connectivity index (χ1v) is 9.42. The van der Waals surface area contributed by atoms with Crippen LogP contribution < -0.4 is 4.74 Å². The smallest absolute Gasteiger partial charge is 0.310 e. The fraction of sp³-hybridized carbons (Fsp3) is 0.667. The van der Waals surface area contributed by atoms with Crippen LogP contribution in [0.2, 0.25) is 0 Å². The van der Waals surface area contributed by atoms with Crippen molar-refractivity contribution in [3.63, 3.8) is 0 Å². The van der Waals surface area contributed by atoms with Crippen LogP contribution in [0.5, 0.6) is 5.75 Å². The van der Waals surface area contributed by atoms with Crippen molar-refractivity contribution in [1.29, 1.82) is 0 Å². The topological polar surface area (TPSA) is 38.8 Å². The summed E-state index contributed by atoms with van der Waals surface area (Å²) in [5.41, 5.74) is 2.91. The molecule has 2 heterocycles. The van der Waals surface area contributed by atoms with Gasteiger partial charge in [-0.25, -0.2) is 0 Å². The lowest BCUT2D eigenvalue weighted by Crippen LogP contribution is -2.73. The van der Waals surface area contributed by atoms with Crippen LogP contribution in [0.15, 0.2) is 18.2 Å². The van der Waals surface area contributed by atoms with Crippen LogP contribution in [0.25, 0.3) is 0 Å². The number of hydrogen-bond acceptors (Lipinski definition) is 4. The van der Waals surface area contributed by atoms with E-state index in [-0.39, 0.29) is 28.8 Å². The van der Waals surface area contributed by atoms with Gasteiger partial charge in [0.25, 0.3) is 0 Å². The Morgan fingerprint density at radius 3 is 2.76 bits per heavy atom. The fourth-order valence-corrected chi connectivity index (χ4v) is 6.18. The molecule has 3 fully saturated rings. The van der Waals surface area contributed by atoms with Crippen LogP contribution in [-0.4, -0.2) is 43.7 Å². The maximum Gasteiger partial charge on any atom is 0.310 e. The van der Waals surface area contributed by atoms with Crippen LogP contribution in [-0.2, 0) is 21.4 Å². The third kappa shape index (κ3) is 2.00. The Balaban J connectivity index is 1.82. The number of nitrogens with zero attached hydrogens (tertiary/aromatic N) is 1. The lowest BCUT2D eigenvalue weighted by atomic mass is 9.42. The molecular formula is C21H29NO3. The molecule has 5 atom stereocenters. The number of fused-ring (bicyclic) bond motifs is 2. The molecule has 5 rings (SSSR count). The van der Waals surface area contributed by atoms with Crippen molar-refractivity contribution in [2.45, 2.75) is 57.5 Å². The Bertz CT molecular complexity index is 717. The van der Waals surface area contributed by atoms with Gasteiger partial charge in [-0.05, 0) is 55.8 Å². The molecular weight excluding hydrogens is 314 g/mol. The third-order valence-corrected chi connectivity index (χ3v) is 7.67. The average molecular weight is 343 g/mol. The van der Waals surface area contributed by atoms with Crippen molar-refractivity contribution in [3.8, 4) is 5.75 Å². The first-order valence-electron chi connectivity index (χ1n) is 9.42. The van der Waals surface area contributed by atoms with E-state index in [2.05, 4.69) is 44.0 Å². The van der Waals surface area contributed by atoms with E-state index in [0.717, 1.165) is 25.0 Å². The highest BCUT2D eigenvalue weighted by Crippen LogP contribution is 2.65. The molecule has 0 N–H and O–H groups in total. The highest BCUT2D eigenvalue weighted by molar-refractivity contribution is 5.74. The van der Waals surface area contributed by atoms with Gasteiger partial charge < -0.3 is 9.47 Å². The fourth-order valence-electron chi connectivity index (χ4n) is 6.18. The number of hydrogen-bond donors (Lipinski definition) is 0. The number of benzene rings is 1. The second-order valence-corrected chi connectivity index (χ2v) is 8.46. The predicted molar refractivity (Wildman–Crippen MR) is 96.9 cm³/mol. The van der Waals surface area contributed by atoms with E-state index < -0.39 is 0 Å². The number of esters is 1. The highest BCUT2D eigenvalue weighted by atomic mass is 16.5. The van der Waals surface area contributed by atoms with Crippen LogP contribution in [0.1, 0.15) is 44.7 Å². The summed E-state index contributed by atoms with van der Waals surface area (Å²) in [5, 5.41) is 0. The second kappa shape index (κ2) is 5.47. The average Bonchev–Trinajstić information content (AvgIpc) is 2.59. The number of carbonyl (C=O) groups is 1. The standard InChI is InChI=1S/C21H29NO3/c1-6-25-19(23)14-11-21(3)18-10-13-15(8-7-9-17(13)24-5)20(21,2)12-16(14)22(18)4/h7-9,14,16,18H,6,10-12H2,1-5H3/t14?,16?,18?,20-,21+/m1/s1. The maximum atomic E-state index is 12.6. The summed E-state index contributed by atoms with van der Waals surface area (Å²) in [6.07, 6.45) is 2.91. The Morgan fingerprint density at radius 2 is 2.08 bits per heavy atom. The zero-order valence-corrected chi connectivity index (χ0v) is 16.0. The van der Waals surface area contributed by atoms with Gasteiger partial charge in [0.1, 0.15) is 5.75 Å². The van der Waals surface area contributed by atoms with E-state index in [1.807, 2.05) is 6.92 Å². The number of methoxy groups -OCH3 is 1. The van der Waals surface area contributed by atoms with Crippen LogP contribution >= 0.6 is 0 Å². The summed E-state index contributed by atoms with van der Waals surface area (Å²) in [4.78, 5) is 15.0. The van der Waals surface area contributed by atoms with Crippen LogP contribution in [0, 0.1) is 11.3 Å². The Hall–Kier alpha value is -1.55. The SMILES string of the molecule is CCOC(=O)C1C[C@@]2(C)C3Cc4c(OC)cccc4[C@@]2(C)CC1N3C. The van der Waals surface area contributed by atoms with E-state index in [1.54, 1.807) is 7.11 Å². The molecule has 0 radical (unpaired) electrons. The molecule has 4 nitrogen and oxygen atoms in total. The lowest BCUT2D eigenvalue weighted by molar-refractivity contribution is -0.180. The summed E-state index contributed by atoms with van der Waals surface area (Å²) >= 11 is 0. The van der Waals surface area contributed by atoms with E-state index in [4.69, 9.17) is 9.47 Å². The van der Waals surface area contributed by atoms with Gasteiger partial charge >= 0.3 is 5.97 Å². The molecule has 1 aromatic rings. The van der Waals surface area contributed by atoms with Crippen molar-refractivity contribution in [1.82, 2.24) is 4.90 Å². The Kier molecular flexibility index (Phi) is 3.70. The first-order chi connectivity index (χ1) is 11.9. The minimum atomic E-state index is -0.0162. The van der Waals surface area contributed by atoms with E-state index in [0.29, 0.717) is 12.6 Å². The summed E-state index contributed by atoms with van der Waals surface area (Å²) in [5.74, 6) is 0.981. The van der Waals surface area contributed by atoms with Gasteiger partial charge in [-0.2, -0.15) is 0 Å². The molecule has 136 valence electrons. The van der Waals surface area contributed by atoms with Crippen molar-refractivity contribution in [3.05, 3.63) is 29.3 Å². The largest absolute Gasteiger partial charge is 0.496 e. The van der Waals surface area contributed by atoms with Gasteiger partial charge in [-0.3, -0.25) is 9.69 Å². The van der Waals surface area contributed by atoms with Gasteiger partial charge in [0.15, 0.2) is 0 Å². The minimum Gasteiger partial charge on any atom is -0.496 e. The summed E-state index contributed by atoms with van der Waals surface area (Å²) in [7, 11) is 3.95. The molecule has 1 aromatic carbocycles. The maximum absolute atomic E-state index is 12.6. The molecule has 3 unspecified atom stereocenters. The summed E-state index contributed by atoms with van der Waals surface area (Å²) in [6.45, 7) is 7.14. The molecule has 1 saturated carbocycles. The number of piperidine rings is 2. The Morgan fingerprint density at radius 1 is 1.32 bits per heavy atom. The third-order valence-electron chi connectivity index (χ3n) is 7.67. The predicted octanol–water partition coefficient (Wildman–Crippen LogP) is 3.17. The number of carbonyl (C=O) groups excluding carboxylic acids is 1. The number of rotatable bonds is 3. The molecule has 25 heavy (non-hydrogen) atoms. The van der Waals surface area contributed by atoms with Gasteiger partial charge in [0.2, 0.25) is 0 Å². The lowest BCUT2D eigenvalue weighted by Gasteiger charge is -2.69. The van der Waals surface area contributed by atoms with Crippen LogP contribution in [0.3, 0.4) is 0 Å².